The van der Waals surface area contributed by atoms with Gasteiger partial charge in [0.25, 0.3) is 11.6 Å². The van der Waals surface area contributed by atoms with Crippen LogP contribution in [0.25, 0.3) is 0 Å². The second-order valence-corrected chi connectivity index (χ2v) is 6.26. The van der Waals surface area contributed by atoms with Gasteiger partial charge in [-0.1, -0.05) is 12.1 Å². The van der Waals surface area contributed by atoms with Crippen LogP contribution < -0.4 is 25.0 Å². The van der Waals surface area contributed by atoms with Crippen molar-refractivity contribution >= 4 is 28.9 Å². The summed E-state index contributed by atoms with van der Waals surface area (Å²) in [5.74, 6) is 0.0159. The van der Waals surface area contributed by atoms with E-state index < -0.39 is 16.9 Å². The maximum Gasteiger partial charge on any atom is 0.296 e. The van der Waals surface area contributed by atoms with Crippen LogP contribution in [0.2, 0.25) is 0 Å². The Balaban J connectivity index is 1.80. The molecule has 2 aromatic carbocycles. The first-order valence-corrected chi connectivity index (χ1v) is 8.77. The van der Waals surface area contributed by atoms with Gasteiger partial charge in [0.05, 0.1) is 36.9 Å². The SMILES string of the molecule is CNC(=O)[C@@H]1CN(CC(=O)Nc2ccc(OC)cc2[N+](=O)[O-])c2ccccc2O1. The predicted octanol–water partition coefficient (Wildman–Crippen LogP) is 1.56. The lowest BCUT2D eigenvalue weighted by molar-refractivity contribution is -0.384. The molecule has 0 aliphatic carbocycles. The Kier molecular flexibility index (Phi) is 5.82. The van der Waals surface area contributed by atoms with Crippen molar-refractivity contribution in [2.45, 2.75) is 6.10 Å². The summed E-state index contributed by atoms with van der Waals surface area (Å²) in [6.07, 6.45) is -0.780. The quantitative estimate of drug-likeness (QED) is 0.557. The third-order valence-corrected chi connectivity index (χ3v) is 4.41. The number of nitrogens with zero attached hydrogens (tertiary/aromatic N) is 2. The number of hydrogen-bond acceptors (Lipinski definition) is 7. The Labute approximate surface area is 166 Å². The largest absolute Gasteiger partial charge is 0.496 e. The van der Waals surface area contributed by atoms with Gasteiger partial charge in [-0.25, -0.2) is 0 Å². The van der Waals surface area contributed by atoms with Crippen LogP contribution in [0.15, 0.2) is 42.5 Å². The summed E-state index contributed by atoms with van der Waals surface area (Å²) in [6, 6.07) is 11.2. The lowest BCUT2D eigenvalue weighted by Gasteiger charge is -2.34. The highest BCUT2D eigenvalue weighted by Gasteiger charge is 2.31. The average Bonchev–Trinajstić information content (AvgIpc) is 2.73. The molecular formula is C19H20N4O6. The zero-order valence-corrected chi connectivity index (χ0v) is 15.9. The molecule has 0 aromatic heterocycles. The first kappa shape index (κ1) is 19.9. The van der Waals surface area contributed by atoms with Crippen molar-refractivity contribution < 1.29 is 24.0 Å². The molecule has 152 valence electrons. The molecule has 0 spiro atoms. The molecule has 10 nitrogen and oxygen atoms in total. The van der Waals surface area contributed by atoms with Gasteiger partial charge in [-0.3, -0.25) is 19.7 Å². The molecule has 2 amide bonds. The van der Waals surface area contributed by atoms with Crippen LogP contribution in [0.3, 0.4) is 0 Å². The van der Waals surface area contributed by atoms with Gasteiger partial charge in [0.15, 0.2) is 6.10 Å². The van der Waals surface area contributed by atoms with Gasteiger partial charge in [0.1, 0.15) is 17.2 Å². The average molecular weight is 400 g/mol. The minimum absolute atomic E-state index is 0.0604. The smallest absolute Gasteiger partial charge is 0.296 e. The Morgan fingerprint density at radius 2 is 2.07 bits per heavy atom. The van der Waals surface area contributed by atoms with E-state index in [4.69, 9.17) is 9.47 Å². The van der Waals surface area contributed by atoms with E-state index in [1.54, 1.807) is 29.2 Å². The van der Waals surface area contributed by atoms with Gasteiger partial charge in [-0.2, -0.15) is 0 Å². The van der Waals surface area contributed by atoms with Crippen molar-refractivity contribution in [1.82, 2.24) is 5.32 Å². The van der Waals surface area contributed by atoms with Crippen LogP contribution in [0.5, 0.6) is 11.5 Å². The number of amides is 2. The number of benzene rings is 2. The number of carbonyl (C=O) groups excluding carboxylic acids is 2. The molecule has 1 heterocycles. The zero-order chi connectivity index (χ0) is 21.0. The van der Waals surface area contributed by atoms with E-state index in [2.05, 4.69) is 10.6 Å². The molecule has 2 N–H and O–H groups in total. The maximum absolute atomic E-state index is 12.6. The van der Waals surface area contributed by atoms with Crippen molar-refractivity contribution in [2.75, 3.05) is 37.5 Å². The number of likely N-dealkylation sites (N-methyl/N-ethyl adjacent to an activating group) is 1. The summed E-state index contributed by atoms with van der Waals surface area (Å²) >= 11 is 0. The van der Waals surface area contributed by atoms with E-state index in [0.29, 0.717) is 17.2 Å². The molecule has 0 radical (unpaired) electrons. The summed E-state index contributed by atoms with van der Waals surface area (Å²) in [5.41, 5.74) is 0.445. The summed E-state index contributed by atoms with van der Waals surface area (Å²) in [4.78, 5) is 37.1. The summed E-state index contributed by atoms with van der Waals surface area (Å²) in [5, 5.41) is 16.4. The highest BCUT2D eigenvalue weighted by Crippen LogP contribution is 2.33. The van der Waals surface area contributed by atoms with Gasteiger partial charge in [-0.15, -0.1) is 0 Å². The standard InChI is InChI=1S/C19H20N4O6/c1-20-19(25)17-10-22(14-5-3-4-6-16(14)29-17)11-18(24)21-13-8-7-12(28-2)9-15(13)23(26)27/h3-9,17H,10-11H2,1-2H3,(H,20,25)(H,21,24)/t17-/m0/s1. The molecular weight excluding hydrogens is 380 g/mol. The van der Waals surface area contributed by atoms with E-state index in [1.165, 1.54) is 32.4 Å². The summed E-state index contributed by atoms with van der Waals surface area (Å²) in [6.45, 7) is 0.0475. The molecule has 1 aliphatic heterocycles. The van der Waals surface area contributed by atoms with E-state index in [9.17, 15) is 19.7 Å². The highest BCUT2D eigenvalue weighted by atomic mass is 16.6. The van der Waals surface area contributed by atoms with E-state index in [1.807, 2.05) is 0 Å². The lowest BCUT2D eigenvalue weighted by Crippen LogP contribution is -2.50. The third-order valence-electron chi connectivity index (χ3n) is 4.41. The van der Waals surface area contributed by atoms with E-state index in [0.717, 1.165) is 0 Å². The van der Waals surface area contributed by atoms with Gasteiger partial charge in [0, 0.05) is 7.05 Å². The first-order chi connectivity index (χ1) is 13.9. The number of hydrogen-bond donors (Lipinski definition) is 2. The lowest BCUT2D eigenvalue weighted by atomic mass is 10.1. The monoisotopic (exact) mass is 400 g/mol. The van der Waals surface area contributed by atoms with Crippen LogP contribution in [-0.2, 0) is 9.59 Å². The first-order valence-electron chi connectivity index (χ1n) is 8.77. The highest BCUT2D eigenvalue weighted by molar-refractivity contribution is 5.96. The Morgan fingerprint density at radius 1 is 1.31 bits per heavy atom. The number of carbonyl (C=O) groups is 2. The Bertz CT molecular complexity index is 948. The third kappa shape index (κ3) is 4.37. The fourth-order valence-corrected chi connectivity index (χ4v) is 3.01. The zero-order valence-electron chi connectivity index (χ0n) is 15.9. The minimum atomic E-state index is -0.780. The fraction of sp³-hybridized carbons (Fsp3) is 0.263. The number of nitro groups is 1. The van der Waals surface area contributed by atoms with Crippen molar-refractivity contribution in [2.24, 2.45) is 0 Å². The summed E-state index contributed by atoms with van der Waals surface area (Å²) in [7, 11) is 2.90. The number of nitrogens with one attached hydrogen (secondary N) is 2. The molecule has 0 unspecified atom stereocenters. The van der Waals surface area contributed by atoms with Crippen LogP contribution in [0.1, 0.15) is 0 Å². The normalized spacial score (nSPS) is 15.0. The topological polar surface area (TPSA) is 123 Å². The minimum Gasteiger partial charge on any atom is -0.496 e. The van der Waals surface area contributed by atoms with Crippen molar-refractivity contribution in [1.29, 1.82) is 0 Å². The van der Waals surface area contributed by atoms with Crippen LogP contribution in [0, 0.1) is 10.1 Å². The van der Waals surface area contributed by atoms with E-state index >= 15 is 0 Å². The number of methoxy groups -OCH3 is 1. The molecule has 10 heteroatoms. The van der Waals surface area contributed by atoms with Crippen LogP contribution in [0.4, 0.5) is 17.1 Å². The fourth-order valence-electron chi connectivity index (χ4n) is 3.01. The molecule has 1 aliphatic rings. The van der Waals surface area contributed by atoms with Crippen LogP contribution >= 0.6 is 0 Å². The van der Waals surface area contributed by atoms with Gasteiger partial charge in [0.2, 0.25) is 5.91 Å². The number of ether oxygens (including phenoxy) is 2. The molecule has 29 heavy (non-hydrogen) atoms. The summed E-state index contributed by atoms with van der Waals surface area (Å²) < 4.78 is 10.7. The number of fused-ring (bicyclic) bond motifs is 1. The van der Waals surface area contributed by atoms with E-state index in [-0.39, 0.29) is 30.4 Å². The van der Waals surface area contributed by atoms with Gasteiger partial charge >= 0.3 is 0 Å². The maximum atomic E-state index is 12.6. The molecule has 0 saturated carbocycles. The van der Waals surface area contributed by atoms with Crippen molar-refractivity contribution in [3.63, 3.8) is 0 Å². The Morgan fingerprint density at radius 3 is 2.76 bits per heavy atom. The number of anilines is 2. The molecule has 2 aromatic rings. The van der Waals surface area contributed by atoms with Crippen molar-refractivity contribution in [3.05, 3.63) is 52.6 Å². The second-order valence-electron chi connectivity index (χ2n) is 6.26. The van der Waals surface area contributed by atoms with Crippen LogP contribution in [-0.4, -0.2) is 50.1 Å². The predicted molar refractivity (Wildman–Crippen MR) is 105 cm³/mol. The number of nitro benzene ring substituents is 1. The number of para-hydroxylation sites is 2. The second kappa shape index (κ2) is 8.46. The number of rotatable bonds is 6. The Hall–Kier alpha value is -3.82. The molecule has 0 bridgehead atoms. The van der Waals surface area contributed by atoms with Gasteiger partial charge < -0.3 is 25.0 Å². The molecule has 0 fully saturated rings. The molecule has 3 rings (SSSR count). The van der Waals surface area contributed by atoms with Crippen molar-refractivity contribution in [3.8, 4) is 11.5 Å². The molecule has 1 atom stereocenters. The van der Waals surface area contributed by atoms with Gasteiger partial charge in [-0.05, 0) is 24.3 Å². The molecule has 0 saturated heterocycles.